The Hall–Kier alpha value is -1.56. The summed E-state index contributed by atoms with van der Waals surface area (Å²) in [6, 6.07) is 9.24. The number of nitrogens with zero attached hydrogens (tertiary/aromatic N) is 1. The maximum absolute atomic E-state index is 11.9. The molecule has 0 unspecified atom stereocenters. The van der Waals surface area contributed by atoms with E-state index < -0.39 is 0 Å². The molecule has 3 nitrogen and oxygen atoms in total. The second-order valence-corrected chi connectivity index (χ2v) is 6.21. The van der Waals surface area contributed by atoms with Crippen molar-refractivity contribution in [2.75, 3.05) is 0 Å². The number of aliphatic imine (C=N–C) groups is 1. The first-order valence-corrected chi connectivity index (χ1v) is 7.92. The predicted molar refractivity (Wildman–Crippen MR) is 86.6 cm³/mol. The van der Waals surface area contributed by atoms with Crippen LogP contribution in [0.1, 0.15) is 5.56 Å². The van der Waals surface area contributed by atoms with Gasteiger partial charge >= 0.3 is 0 Å². The summed E-state index contributed by atoms with van der Waals surface area (Å²) in [4.78, 5) is 16.9. The summed E-state index contributed by atoms with van der Waals surface area (Å²) in [5, 5.41) is 7.81. The molecule has 0 radical (unpaired) electrons. The molecule has 0 saturated carbocycles. The SMILES string of the molecule is O=C1NC(=Nc2ccccc2Cl)S/C1=C/c1ccsc1. The average molecular weight is 321 g/mol. The van der Waals surface area contributed by atoms with Crippen LogP contribution in [0.25, 0.3) is 6.08 Å². The van der Waals surface area contributed by atoms with Crippen LogP contribution in [0.3, 0.4) is 0 Å². The third-order valence-corrected chi connectivity index (χ3v) is 4.50. The molecule has 1 fully saturated rings. The minimum atomic E-state index is -0.132. The Balaban J connectivity index is 1.85. The first-order chi connectivity index (χ1) is 9.72. The summed E-state index contributed by atoms with van der Waals surface area (Å²) in [5.74, 6) is -0.132. The summed E-state index contributed by atoms with van der Waals surface area (Å²) >= 11 is 8.96. The van der Waals surface area contributed by atoms with Crippen molar-refractivity contribution in [3.63, 3.8) is 0 Å². The van der Waals surface area contributed by atoms with E-state index in [1.54, 1.807) is 17.4 Å². The lowest BCUT2D eigenvalue weighted by Gasteiger charge is -1.98. The Bertz CT molecular complexity index is 708. The van der Waals surface area contributed by atoms with E-state index in [1.807, 2.05) is 41.1 Å². The van der Waals surface area contributed by atoms with E-state index in [4.69, 9.17) is 11.6 Å². The van der Waals surface area contributed by atoms with Crippen LogP contribution < -0.4 is 5.32 Å². The van der Waals surface area contributed by atoms with Crippen LogP contribution >= 0.6 is 34.7 Å². The van der Waals surface area contributed by atoms with Crippen LogP contribution in [-0.2, 0) is 4.79 Å². The van der Waals surface area contributed by atoms with Gasteiger partial charge in [0.05, 0.1) is 15.6 Å². The molecule has 100 valence electrons. The smallest absolute Gasteiger partial charge is 0.264 e. The number of amidine groups is 1. The lowest BCUT2D eigenvalue weighted by Crippen LogP contribution is -2.19. The third kappa shape index (κ3) is 2.95. The number of benzene rings is 1. The van der Waals surface area contributed by atoms with Crippen molar-refractivity contribution in [2.24, 2.45) is 4.99 Å². The largest absolute Gasteiger partial charge is 0.300 e. The summed E-state index contributed by atoms with van der Waals surface area (Å²) in [6.45, 7) is 0. The van der Waals surface area contributed by atoms with E-state index >= 15 is 0 Å². The van der Waals surface area contributed by atoms with Crippen molar-refractivity contribution in [2.45, 2.75) is 0 Å². The fraction of sp³-hybridized carbons (Fsp3) is 0. The zero-order chi connectivity index (χ0) is 13.9. The molecule has 2 heterocycles. The molecule has 1 amide bonds. The molecule has 2 aromatic rings. The van der Waals surface area contributed by atoms with E-state index in [2.05, 4.69) is 10.3 Å². The first-order valence-electron chi connectivity index (χ1n) is 5.79. The van der Waals surface area contributed by atoms with Crippen molar-refractivity contribution < 1.29 is 4.79 Å². The van der Waals surface area contributed by atoms with Crippen LogP contribution in [0.5, 0.6) is 0 Å². The van der Waals surface area contributed by atoms with Gasteiger partial charge in [0.2, 0.25) is 0 Å². The maximum Gasteiger partial charge on any atom is 0.264 e. The van der Waals surface area contributed by atoms with E-state index in [9.17, 15) is 4.79 Å². The zero-order valence-electron chi connectivity index (χ0n) is 10.2. The number of halogens is 1. The molecule has 0 spiro atoms. The van der Waals surface area contributed by atoms with Crippen LogP contribution in [0.4, 0.5) is 5.69 Å². The van der Waals surface area contributed by atoms with E-state index in [0.717, 1.165) is 5.56 Å². The molecule has 1 aromatic carbocycles. The zero-order valence-corrected chi connectivity index (χ0v) is 12.6. The number of para-hydroxylation sites is 1. The lowest BCUT2D eigenvalue weighted by atomic mass is 10.3. The van der Waals surface area contributed by atoms with Gasteiger partial charge in [-0.05, 0) is 52.4 Å². The van der Waals surface area contributed by atoms with E-state index in [-0.39, 0.29) is 5.91 Å². The Labute approximate surface area is 129 Å². The Morgan fingerprint density at radius 1 is 1.25 bits per heavy atom. The number of amides is 1. The van der Waals surface area contributed by atoms with Gasteiger partial charge in [0.25, 0.3) is 5.91 Å². The lowest BCUT2D eigenvalue weighted by molar-refractivity contribution is -0.115. The number of hydrogen-bond donors (Lipinski definition) is 1. The summed E-state index contributed by atoms with van der Waals surface area (Å²) in [6.07, 6.45) is 1.85. The number of carbonyl (C=O) groups excluding carboxylic acids is 1. The Morgan fingerprint density at radius 2 is 2.10 bits per heavy atom. The highest BCUT2D eigenvalue weighted by Gasteiger charge is 2.23. The van der Waals surface area contributed by atoms with Crippen molar-refractivity contribution >= 4 is 57.5 Å². The van der Waals surface area contributed by atoms with Crippen molar-refractivity contribution in [3.05, 3.63) is 56.6 Å². The fourth-order valence-corrected chi connectivity index (χ4v) is 3.27. The van der Waals surface area contributed by atoms with Crippen molar-refractivity contribution in [3.8, 4) is 0 Å². The van der Waals surface area contributed by atoms with Crippen LogP contribution in [-0.4, -0.2) is 11.1 Å². The van der Waals surface area contributed by atoms with Gasteiger partial charge in [-0.3, -0.25) is 4.79 Å². The van der Waals surface area contributed by atoms with Gasteiger partial charge in [-0.1, -0.05) is 23.7 Å². The molecule has 1 saturated heterocycles. The van der Waals surface area contributed by atoms with Gasteiger partial charge < -0.3 is 5.32 Å². The molecule has 0 aliphatic carbocycles. The number of thiophene rings is 1. The van der Waals surface area contributed by atoms with Gasteiger partial charge in [0.1, 0.15) is 0 Å². The van der Waals surface area contributed by atoms with E-state index in [0.29, 0.717) is 20.8 Å². The van der Waals surface area contributed by atoms with Crippen LogP contribution in [0.2, 0.25) is 5.02 Å². The van der Waals surface area contributed by atoms with Gasteiger partial charge in [0, 0.05) is 0 Å². The third-order valence-electron chi connectivity index (χ3n) is 2.57. The molecular formula is C14H9ClN2OS2. The standard InChI is InChI=1S/C14H9ClN2OS2/c15-10-3-1-2-4-11(10)16-14-17-13(18)12(20-14)7-9-5-6-19-8-9/h1-8H,(H,16,17,18)/b12-7+. The van der Waals surface area contributed by atoms with Gasteiger partial charge in [-0.2, -0.15) is 11.3 Å². The molecule has 1 N–H and O–H groups in total. The second-order valence-electron chi connectivity index (χ2n) is 3.99. The molecular weight excluding hydrogens is 312 g/mol. The van der Waals surface area contributed by atoms with Gasteiger partial charge in [-0.15, -0.1) is 0 Å². The summed E-state index contributed by atoms with van der Waals surface area (Å²) < 4.78 is 0. The van der Waals surface area contributed by atoms with Gasteiger partial charge in [-0.25, -0.2) is 4.99 Å². The molecule has 1 aliphatic rings. The number of hydrogen-bond acceptors (Lipinski definition) is 4. The summed E-state index contributed by atoms with van der Waals surface area (Å²) in [7, 11) is 0. The molecule has 6 heteroatoms. The molecule has 0 atom stereocenters. The van der Waals surface area contributed by atoms with Gasteiger partial charge in [0.15, 0.2) is 5.17 Å². The highest BCUT2D eigenvalue weighted by Crippen LogP contribution is 2.30. The van der Waals surface area contributed by atoms with Crippen LogP contribution in [0.15, 0.2) is 51.0 Å². The molecule has 20 heavy (non-hydrogen) atoms. The van der Waals surface area contributed by atoms with Crippen LogP contribution in [0, 0.1) is 0 Å². The minimum absolute atomic E-state index is 0.132. The predicted octanol–water partition coefficient (Wildman–Crippen LogP) is 4.29. The number of nitrogens with one attached hydrogen (secondary N) is 1. The summed E-state index contributed by atoms with van der Waals surface area (Å²) in [5.41, 5.74) is 1.67. The normalized spacial score (nSPS) is 18.8. The monoisotopic (exact) mass is 320 g/mol. The van der Waals surface area contributed by atoms with E-state index in [1.165, 1.54) is 11.8 Å². The first kappa shape index (κ1) is 13.4. The maximum atomic E-state index is 11.9. The average Bonchev–Trinajstić information content (AvgIpc) is 3.04. The highest BCUT2D eigenvalue weighted by molar-refractivity contribution is 8.18. The van der Waals surface area contributed by atoms with Crippen molar-refractivity contribution in [1.82, 2.24) is 5.32 Å². The molecule has 1 aliphatic heterocycles. The topological polar surface area (TPSA) is 41.5 Å². The number of rotatable bonds is 2. The highest BCUT2D eigenvalue weighted by atomic mass is 35.5. The molecule has 0 bridgehead atoms. The molecule has 3 rings (SSSR count). The van der Waals surface area contributed by atoms with Crippen molar-refractivity contribution in [1.29, 1.82) is 0 Å². The second kappa shape index (κ2) is 5.83. The number of carbonyl (C=O) groups is 1. The molecule has 1 aromatic heterocycles. The minimum Gasteiger partial charge on any atom is -0.300 e. The Morgan fingerprint density at radius 3 is 2.85 bits per heavy atom. The Kier molecular flexibility index (Phi) is 3.91. The fourth-order valence-electron chi connectivity index (χ4n) is 1.64. The number of thioether (sulfide) groups is 1. The quantitative estimate of drug-likeness (QED) is 0.838.